The number of aryl methyl sites for hydroxylation is 1. The predicted octanol–water partition coefficient (Wildman–Crippen LogP) is 2.16. The van der Waals surface area contributed by atoms with E-state index in [-0.39, 0.29) is 11.3 Å². The molecule has 0 amide bonds. The Morgan fingerprint density at radius 2 is 1.79 bits per heavy atom. The van der Waals surface area contributed by atoms with Gasteiger partial charge in [-0.25, -0.2) is 4.39 Å². The summed E-state index contributed by atoms with van der Waals surface area (Å²) in [6.45, 7) is 2.63. The fourth-order valence-corrected chi connectivity index (χ4v) is 1.29. The smallest absolute Gasteiger partial charge is 0.132 e. The Hall–Kier alpha value is -0.930. The maximum atomic E-state index is 13.4. The molecular weight excluding hydrogens is 181 g/mol. The molecule has 3 heteroatoms. The van der Waals surface area contributed by atoms with Crippen LogP contribution in [0, 0.1) is 12.7 Å². The van der Waals surface area contributed by atoms with Crippen molar-refractivity contribution in [3.05, 3.63) is 35.1 Å². The third kappa shape index (κ3) is 3.85. The molecule has 0 bridgehead atoms. The van der Waals surface area contributed by atoms with Crippen LogP contribution in [0.4, 0.5) is 4.39 Å². The zero-order valence-corrected chi connectivity index (χ0v) is 9.21. The van der Waals surface area contributed by atoms with Gasteiger partial charge in [-0.15, -0.1) is 0 Å². The van der Waals surface area contributed by atoms with E-state index in [1.54, 1.807) is 6.07 Å². The Bertz CT molecular complexity index is 305. The van der Waals surface area contributed by atoms with Crippen LogP contribution in [-0.2, 0) is 6.54 Å². The predicted molar refractivity (Wildman–Crippen MR) is 54.8 cm³/mol. The molecule has 14 heavy (non-hydrogen) atoms. The summed E-state index contributed by atoms with van der Waals surface area (Å²) in [6.07, 6.45) is 0. The summed E-state index contributed by atoms with van der Waals surface area (Å²) in [5, 5.41) is 0. The molecule has 1 aromatic rings. The molecule has 0 spiro atoms. The van der Waals surface area contributed by atoms with Gasteiger partial charge in [0.05, 0.1) is 21.1 Å². The molecule has 2 nitrogen and oxygen atoms in total. The number of quaternary nitrogens is 1. The number of hydrogen-bond acceptors (Lipinski definition) is 1. The van der Waals surface area contributed by atoms with Crippen molar-refractivity contribution in [3.63, 3.8) is 0 Å². The van der Waals surface area contributed by atoms with Crippen molar-refractivity contribution in [1.82, 2.24) is 0 Å². The summed E-state index contributed by atoms with van der Waals surface area (Å²) in [5.41, 5.74) is 1.76. The van der Waals surface area contributed by atoms with Crippen LogP contribution in [0.2, 0.25) is 0 Å². The van der Waals surface area contributed by atoms with Gasteiger partial charge in [-0.3, -0.25) is 0 Å². The van der Waals surface area contributed by atoms with E-state index in [0.29, 0.717) is 0 Å². The zero-order valence-electron chi connectivity index (χ0n) is 9.21. The maximum Gasteiger partial charge on any atom is 0.132 e. The van der Waals surface area contributed by atoms with Gasteiger partial charge in [0.15, 0.2) is 0 Å². The molecule has 0 aromatic heterocycles. The second kappa shape index (κ2) is 4.53. The van der Waals surface area contributed by atoms with Crippen LogP contribution < -0.4 is 0 Å². The van der Waals surface area contributed by atoms with E-state index < -0.39 is 0 Å². The van der Waals surface area contributed by atoms with Crippen LogP contribution in [0.5, 0.6) is 0 Å². The molecule has 0 fully saturated rings. The van der Waals surface area contributed by atoms with Gasteiger partial charge >= 0.3 is 0 Å². The normalized spacial score (nSPS) is 10.9. The van der Waals surface area contributed by atoms with E-state index in [0.717, 1.165) is 22.2 Å². The summed E-state index contributed by atoms with van der Waals surface area (Å²) in [7, 11) is 6.16. The monoisotopic (exact) mass is 199 g/mol. The van der Waals surface area contributed by atoms with Gasteiger partial charge in [-0.1, -0.05) is 12.1 Å². The van der Waals surface area contributed by atoms with Crippen LogP contribution in [0.15, 0.2) is 18.2 Å². The fourth-order valence-electron chi connectivity index (χ4n) is 1.29. The number of rotatable bonds is 2. The lowest BCUT2D eigenvalue weighted by Gasteiger charge is -2.24. The first kappa shape index (κ1) is 13.1. The van der Waals surface area contributed by atoms with E-state index in [1.165, 1.54) is 0 Å². The van der Waals surface area contributed by atoms with Gasteiger partial charge in [0.1, 0.15) is 12.4 Å². The minimum Gasteiger partial charge on any atom is -0.870 e. The van der Waals surface area contributed by atoms with Gasteiger partial charge in [0.2, 0.25) is 0 Å². The Morgan fingerprint density at radius 3 is 2.21 bits per heavy atom. The Morgan fingerprint density at radius 1 is 1.21 bits per heavy atom. The SMILES string of the molecule is Cc1ccc(C[N+](C)(C)C)c(F)c1.[OH-]. The van der Waals surface area contributed by atoms with Crippen LogP contribution in [-0.4, -0.2) is 31.1 Å². The minimum atomic E-state index is -0.0898. The average Bonchev–Trinajstić information content (AvgIpc) is 1.93. The second-order valence-corrected chi connectivity index (χ2v) is 4.54. The highest BCUT2D eigenvalue weighted by Gasteiger charge is 2.11. The summed E-state index contributed by atoms with van der Waals surface area (Å²) in [6, 6.07) is 5.41. The lowest BCUT2D eigenvalue weighted by molar-refractivity contribution is -0.884. The average molecular weight is 199 g/mol. The molecule has 0 radical (unpaired) electrons. The van der Waals surface area contributed by atoms with E-state index in [4.69, 9.17) is 0 Å². The summed E-state index contributed by atoms with van der Waals surface area (Å²) < 4.78 is 14.1. The van der Waals surface area contributed by atoms with Crippen molar-refractivity contribution in [1.29, 1.82) is 0 Å². The van der Waals surface area contributed by atoms with Crippen LogP contribution in [0.1, 0.15) is 11.1 Å². The van der Waals surface area contributed by atoms with Crippen molar-refractivity contribution in [2.75, 3.05) is 21.1 Å². The Balaban J connectivity index is 0.00000169. The molecule has 1 rings (SSSR count). The second-order valence-electron chi connectivity index (χ2n) is 4.54. The summed E-state index contributed by atoms with van der Waals surface area (Å²) >= 11 is 0. The first-order valence-electron chi connectivity index (χ1n) is 4.44. The van der Waals surface area contributed by atoms with Gasteiger partial charge < -0.3 is 9.96 Å². The van der Waals surface area contributed by atoms with Crippen molar-refractivity contribution in [3.8, 4) is 0 Å². The number of hydrogen-bond donors (Lipinski definition) is 0. The van der Waals surface area contributed by atoms with Crippen molar-refractivity contribution >= 4 is 0 Å². The largest absolute Gasteiger partial charge is 0.870 e. The fraction of sp³-hybridized carbons (Fsp3) is 0.455. The van der Waals surface area contributed by atoms with Crippen LogP contribution >= 0.6 is 0 Å². The highest BCUT2D eigenvalue weighted by molar-refractivity contribution is 5.22. The lowest BCUT2D eigenvalue weighted by atomic mass is 10.1. The summed E-state index contributed by atoms with van der Waals surface area (Å²) in [4.78, 5) is 0. The highest BCUT2D eigenvalue weighted by atomic mass is 19.1. The molecule has 0 aliphatic rings. The first-order chi connectivity index (χ1) is 5.88. The molecular formula is C11H18FNO. The maximum absolute atomic E-state index is 13.4. The molecule has 0 heterocycles. The van der Waals surface area contributed by atoms with E-state index in [1.807, 2.05) is 19.1 Å². The standard InChI is InChI=1S/C11H17FN.H2O/c1-9-5-6-10(11(12)7-9)8-13(2,3)4;/h5-7H,8H2,1-4H3;1H2/q+1;/p-1. The highest BCUT2D eigenvalue weighted by Crippen LogP contribution is 2.13. The minimum absolute atomic E-state index is 0. The lowest BCUT2D eigenvalue weighted by Crippen LogP contribution is -2.33. The molecule has 0 saturated carbocycles. The third-order valence-corrected chi connectivity index (χ3v) is 1.85. The topological polar surface area (TPSA) is 30.0 Å². The quantitative estimate of drug-likeness (QED) is 0.671. The third-order valence-electron chi connectivity index (χ3n) is 1.85. The molecule has 0 aliphatic heterocycles. The molecule has 1 aromatic carbocycles. The van der Waals surface area contributed by atoms with Gasteiger partial charge in [0, 0.05) is 5.56 Å². The van der Waals surface area contributed by atoms with Gasteiger partial charge in [0.25, 0.3) is 0 Å². The Kier molecular flexibility index (Phi) is 4.23. The van der Waals surface area contributed by atoms with Crippen LogP contribution in [0.3, 0.4) is 0 Å². The molecule has 0 unspecified atom stereocenters. The van der Waals surface area contributed by atoms with E-state index in [2.05, 4.69) is 21.1 Å². The molecule has 0 atom stereocenters. The molecule has 0 aliphatic carbocycles. The van der Waals surface area contributed by atoms with Crippen molar-refractivity contribution in [2.24, 2.45) is 0 Å². The number of nitrogens with zero attached hydrogens (tertiary/aromatic N) is 1. The Labute approximate surface area is 84.9 Å². The molecule has 1 N–H and O–H groups in total. The van der Waals surface area contributed by atoms with Crippen molar-refractivity contribution in [2.45, 2.75) is 13.5 Å². The zero-order chi connectivity index (χ0) is 10.1. The van der Waals surface area contributed by atoms with E-state index in [9.17, 15) is 4.39 Å². The summed E-state index contributed by atoms with van der Waals surface area (Å²) in [5.74, 6) is -0.0898. The molecule has 0 saturated heterocycles. The molecule has 80 valence electrons. The number of benzene rings is 1. The first-order valence-corrected chi connectivity index (χ1v) is 4.44. The van der Waals surface area contributed by atoms with Gasteiger partial charge in [-0.2, -0.15) is 0 Å². The van der Waals surface area contributed by atoms with Crippen molar-refractivity contribution < 1.29 is 14.3 Å². The van der Waals surface area contributed by atoms with Crippen LogP contribution in [0.25, 0.3) is 0 Å². The van der Waals surface area contributed by atoms with E-state index >= 15 is 0 Å². The van der Waals surface area contributed by atoms with Gasteiger partial charge in [-0.05, 0) is 18.6 Å². The number of halogens is 1.